The molecule has 0 atom stereocenters. The molecule has 0 unspecified atom stereocenters. The van der Waals surface area contributed by atoms with E-state index in [4.69, 9.17) is 5.21 Å². The smallest absolute Gasteiger partial charge is 0.400 e. The van der Waals surface area contributed by atoms with Crippen molar-refractivity contribution in [2.24, 2.45) is 0 Å². The fourth-order valence-corrected chi connectivity index (χ4v) is 0.891. The Kier molecular flexibility index (Phi) is 10.6. The summed E-state index contributed by atoms with van der Waals surface area (Å²) in [6.07, 6.45) is 2.63. The van der Waals surface area contributed by atoms with Gasteiger partial charge in [-0.3, -0.25) is 0 Å². The van der Waals surface area contributed by atoms with Gasteiger partial charge >= 0.3 is 10.4 Å². The van der Waals surface area contributed by atoms with Crippen molar-refractivity contribution >= 4 is 10.4 Å². The van der Waals surface area contributed by atoms with Crippen LogP contribution in [-0.4, -0.2) is 21.6 Å². The van der Waals surface area contributed by atoms with Crippen LogP contribution in [0.15, 0.2) is 25.3 Å². The third kappa shape index (κ3) is 11.3. The van der Waals surface area contributed by atoms with Crippen LogP contribution in [0.3, 0.4) is 0 Å². The number of hydrogen-bond acceptors (Lipinski definition) is 5. The summed E-state index contributed by atoms with van der Waals surface area (Å²) < 4.78 is 29.7. The first kappa shape index (κ1) is 14.8. The van der Waals surface area contributed by atoms with Crippen molar-refractivity contribution in [2.45, 2.75) is 0 Å². The molecule has 0 saturated heterocycles. The average Bonchev–Trinajstić information content (AvgIpc) is 2.15. The molecule has 3 N–H and O–H groups in total. The number of rotatable bonds is 6. The Balaban J connectivity index is 0. The maximum atomic E-state index is 10.6. The molecule has 0 spiro atoms. The summed E-state index contributed by atoms with van der Waals surface area (Å²) in [5.74, 6) is 2.00. The predicted octanol–water partition coefficient (Wildman–Crippen LogP) is -0.637. The average molecular weight is 211 g/mol. The van der Waals surface area contributed by atoms with E-state index in [-0.39, 0.29) is 13.2 Å². The highest BCUT2D eigenvalue weighted by molar-refractivity contribution is 7.81. The number of quaternary nitrogens is 1. The van der Waals surface area contributed by atoms with Gasteiger partial charge in [0, 0.05) is 0 Å². The number of hydrogen-bond donors (Lipinski definition) is 1. The molecule has 0 rings (SSSR count). The molecule has 6 nitrogen and oxygen atoms in total. The highest BCUT2D eigenvalue weighted by Gasteiger charge is 2.08. The second-order valence-corrected chi connectivity index (χ2v) is 2.84. The summed E-state index contributed by atoms with van der Waals surface area (Å²) in [7, 11) is -3.85. The lowest BCUT2D eigenvalue weighted by molar-refractivity contribution is -0.275. The van der Waals surface area contributed by atoms with Gasteiger partial charge in [-0.1, -0.05) is 12.2 Å². The van der Waals surface area contributed by atoms with Gasteiger partial charge in [-0.05, 0) is 0 Å². The van der Waals surface area contributed by atoms with E-state index in [0.29, 0.717) is 0 Å². The van der Waals surface area contributed by atoms with Gasteiger partial charge < -0.3 is 11.1 Å². The lowest BCUT2D eigenvalue weighted by Gasteiger charge is -2.00. The van der Waals surface area contributed by atoms with E-state index in [2.05, 4.69) is 21.5 Å². The zero-order chi connectivity index (χ0) is 10.7. The van der Waals surface area contributed by atoms with Gasteiger partial charge in [-0.15, -0.1) is 13.2 Å². The van der Waals surface area contributed by atoms with E-state index in [1.54, 1.807) is 0 Å². The quantitative estimate of drug-likeness (QED) is 0.465. The van der Waals surface area contributed by atoms with Crippen molar-refractivity contribution in [1.82, 2.24) is 0 Å². The molecule has 7 heteroatoms. The van der Waals surface area contributed by atoms with Gasteiger partial charge in [-0.25, -0.2) is 8.37 Å². The van der Waals surface area contributed by atoms with Gasteiger partial charge in [0.2, 0.25) is 0 Å². The van der Waals surface area contributed by atoms with Gasteiger partial charge in [-0.2, -0.15) is 8.42 Å². The molecule has 0 heterocycles. The SMILES string of the molecule is C=CCOS(=O)(=O)OCC=C.[NH3+][O-]. The first-order valence-electron chi connectivity index (χ1n) is 3.17. The fraction of sp³-hybridized carbons (Fsp3) is 0.333. The molecule has 0 aromatic heterocycles. The Morgan fingerprint density at radius 3 is 1.69 bits per heavy atom. The zero-order valence-corrected chi connectivity index (χ0v) is 7.96. The lowest BCUT2D eigenvalue weighted by Crippen LogP contribution is -2.37. The molecule has 78 valence electrons. The standard InChI is InChI=1S/C6H10O4S.H3NO/c1-3-5-9-11(7,8)10-6-4-2;1-2/h3-4H,1-2,5-6H2;1H3. The molecule has 0 aromatic carbocycles. The van der Waals surface area contributed by atoms with Crippen molar-refractivity contribution < 1.29 is 22.7 Å². The Hall–Kier alpha value is -0.730. The normalized spacial score (nSPS) is 9.69. The molecule has 0 aliphatic rings. The van der Waals surface area contributed by atoms with Crippen LogP contribution >= 0.6 is 0 Å². The van der Waals surface area contributed by atoms with Crippen LogP contribution in [0.25, 0.3) is 0 Å². The molecule has 0 aromatic rings. The van der Waals surface area contributed by atoms with Crippen molar-refractivity contribution in [3.8, 4) is 0 Å². The first-order valence-corrected chi connectivity index (χ1v) is 4.50. The molecular weight excluding hydrogens is 198 g/mol. The second-order valence-electron chi connectivity index (χ2n) is 1.55. The molecular formula is C6H13NO5S. The Labute approximate surface area is 77.5 Å². The summed E-state index contributed by atoms with van der Waals surface area (Å²) in [5, 5.41) is 8.00. The summed E-state index contributed by atoms with van der Waals surface area (Å²) >= 11 is 0. The summed E-state index contributed by atoms with van der Waals surface area (Å²) in [4.78, 5) is 0. The van der Waals surface area contributed by atoms with Crippen LogP contribution in [0, 0.1) is 5.21 Å². The summed E-state index contributed by atoms with van der Waals surface area (Å²) in [6.45, 7) is 6.39. The Morgan fingerprint density at radius 2 is 1.46 bits per heavy atom. The topological polar surface area (TPSA) is 103 Å². The highest BCUT2D eigenvalue weighted by Crippen LogP contribution is 1.94. The maximum absolute atomic E-state index is 10.6. The van der Waals surface area contributed by atoms with Crippen LogP contribution in [-0.2, 0) is 18.8 Å². The molecule has 0 radical (unpaired) electrons. The molecule has 0 saturated carbocycles. The van der Waals surface area contributed by atoms with Crippen LogP contribution in [0.5, 0.6) is 0 Å². The molecule has 0 amide bonds. The summed E-state index contributed by atoms with van der Waals surface area (Å²) in [6, 6.07) is 0. The second kappa shape index (κ2) is 9.36. The minimum Gasteiger partial charge on any atom is -0.637 e. The summed E-state index contributed by atoms with van der Waals surface area (Å²) in [5.41, 5.74) is 0. The van der Waals surface area contributed by atoms with Gasteiger partial charge in [0.15, 0.2) is 0 Å². The van der Waals surface area contributed by atoms with E-state index in [0.717, 1.165) is 0 Å². The Bertz CT molecular complexity index is 205. The lowest BCUT2D eigenvalue weighted by atomic mass is 10.7. The van der Waals surface area contributed by atoms with E-state index in [1.165, 1.54) is 12.2 Å². The fourth-order valence-electron chi connectivity index (χ4n) is 0.297. The predicted molar refractivity (Wildman–Crippen MR) is 47.5 cm³/mol. The van der Waals surface area contributed by atoms with Crippen molar-refractivity contribution in [3.05, 3.63) is 30.5 Å². The zero-order valence-electron chi connectivity index (χ0n) is 7.14. The van der Waals surface area contributed by atoms with E-state index >= 15 is 0 Å². The molecule has 0 fully saturated rings. The van der Waals surface area contributed by atoms with Gasteiger partial charge in [0.1, 0.15) is 0 Å². The molecule has 0 aliphatic heterocycles. The molecule has 13 heavy (non-hydrogen) atoms. The van der Waals surface area contributed by atoms with Crippen LogP contribution in [0.2, 0.25) is 0 Å². The van der Waals surface area contributed by atoms with Crippen LogP contribution < -0.4 is 5.90 Å². The maximum Gasteiger partial charge on any atom is 0.400 e. The highest BCUT2D eigenvalue weighted by atomic mass is 32.3. The third-order valence-corrected chi connectivity index (χ3v) is 1.51. The van der Waals surface area contributed by atoms with Crippen molar-refractivity contribution in [3.63, 3.8) is 0 Å². The third-order valence-electron chi connectivity index (χ3n) is 0.660. The van der Waals surface area contributed by atoms with Crippen LogP contribution in [0.4, 0.5) is 0 Å². The largest absolute Gasteiger partial charge is 0.637 e. The first-order chi connectivity index (χ1) is 6.12. The van der Waals surface area contributed by atoms with E-state index < -0.39 is 10.4 Å². The minimum atomic E-state index is -3.85. The molecule has 0 bridgehead atoms. The van der Waals surface area contributed by atoms with E-state index in [9.17, 15) is 8.42 Å². The van der Waals surface area contributed by atoms with Gasteiger partial charge in [0.25, 0.3) is 0 Å². The Morgan fingerprint density at radius 1 is 1.15 bits per heavy atom. The van der Waals surface area contributed by atoms with Crippen molar-refractivity contribution in [2.75, 3.05) is 13.2 Å². The van der Waals surface area contributed by atoms with E-state index in [1.807, 2.05) is 5.90 Å². The van der Waals surface area contributed by atoms with Crippen LogP contribution in [0.1, 0.15) is 0 Å². The van der Waals surface area contributed by atoms with Gasteiger partial charge in [0.05, 0.1) is 13.2 Å². The monoisotopic (exact) mass is 211 g/mol. The minimum absolute atomic E-state index is 0.0839. The molecule has 0 aliphatic carbocycles. The van der Waals surface area contributed by atoms with Crippen molar-refractivity contribution in [1.29, 1.82) is 0 Å².